The van der Waals surface area contributed by atoms with E-state index in [0.717, 1.165) is 5.69 Å². The topological polar surface area (TPSA) is 12.9 Å². The SMILES string of the molecule is CC.CC.Cc1ccccn1.[HH]. The summed E-state index contributed by atoms with van der Waals surface area (Å²) in [7, 11) is 0. The van der Waals surface area contributed by atoms with Crippen LogP contribution < -0.4 is 0 Å². The summed E-state index contributed by atoms with van der Waals surface area (Å²) >= 11 is 0. The van der Waals surface area contributed by atoms with Gasteiger partial charge in [-0.05, 0) is 19.1 Å². The van der Waals surface area contributed by atoms with Gasteiger partial charge in [-0.1, -0.05) is 33.8 Å². The monoisotopic (exact) mass is 155 g/mol. The van der Waals surface area contributed by atoms with Crippen LogP contribution in [0.4, 0.5) is 0 Å². The van der Waals surface area contributed by atoms with E-state index in [9.17, 15) is 0 Å². The van der Waals surface area contributed by atoms with E-state index in [2.05, 4.69) is 4.98 Å². The summed E-state index contributed by atoms with van der Waals surface area (Å²) in [5.41, 5.74) is 1.07. The first-order chi connectivity index (χ1) is 5.39. The predicted molar refractivity (Wildman–Crippen MR) is 53.8 cm³/mol. The van der Waals surface area contributed by atoms with Gasteiger partial charge in [-0.2, -0.15) is 0 Å². The van der Waals surface area contributed by atoms with Crippen molar-refractivity contribution in [3.63, 3.8) is 0 Å². The molecule has 1 nitrogen and oxygen atoms in total. The van der Waals surface area contributed by atoms with E-state index in [1.165, 1.54) is 0 Å². The maximum atomic E-state index is 3.98. The van der Waals surface area contributed by atoms with Crippen LogP contribution >= 0.6 is 0 Å². The van der Waals surface area contributed by atoms with Crippen molar-refractivity contribution in [3.8, 4) is 0 Å². The van der Waals surface area contributed by atoms with E-state index in [0.29, 0.717) is 0 Å². The van der Waals surface area contributed by atoms with Crippen molar-refractivity contribution in [1.29, 1.82) is 0 Å². The highest BCUT2D eigenvalue weighted by molar-refractivity contribution is 4.99. The third-order valence-electron chi connectivity index (χ3n) is 0.813. The van der Waals surface area contributed by atoms with Crippen molar-refractivity contribution in [2.45, 2.75) is 34.6 Å². The van der Waals surface area contributed by atoms with Crippen LogP contribution in [0.2, 0.25) is 0 Å². The summed E-state index contributed by atoms with van der Waals surface area (Å²) in [6.45, 7) is 9.97. The van der Waals surface area contributed by atoms with Crippen molar-refractivity contribution in [1.82, 2.24) is 4.98 Å². The molecule has 1 rings (SSSR count). The quantitative estimate of drug-likeness (QED) is 0.557. The Morgan fingerprint density at radius 2 is 1.64 bits per heavy atom. The standard InChI is InChI=1S/C6H7N.2C2H6.H2/c1-6-4-2-3-5-7-6;2*1-2;/h2-5H,1H3;2*1-2H3;1H. The molecular weight excluding hydrogens is 134 g/mol. The van der Waals surface area contributed by atoms with Gasteiger partial charge in [-0.15, -0.1) is 0 Å². The Bertz CT molecular complexity index is 140. The van der Waals surface area contributed by atoms with Crippen LogP contribution in [0, 0.1) is 6.92 Å². The Morgan fingerprint density at radius 3 is 1.82 bits per heavy atom. The fourth-order valence-electron chi connectivity index (χ4n) is 0.448. The Hall–Kier alpha value is -0.850. The van der Waals surface area contributed by atoms with Gasteiger partial charge in [0.1, 0.15) is 0 Å². The van der Waals surface area contributed by atoms with Gasteiger partial charge in [0.25, 0.3) is 0 Å². The molecule has 0 bridgehead atoms. The molecule has 0 aliphatic heterocycles. The second-order valence-corrected chi connectivity index (χ2v) is 1.47. The minimum Gasteiger partial charge on any atom is -0.262 e. The van der Waals surface area contributed by atoms with E-state index >= 15 is 0 Å². The number of hydrogen-bond donors (Lipinski definition) is 0. The molecule has 0 spiro atoms. The molecule has 0 saturated carbocycles. The van der Waals surface area contributed by atoms with Crippen molar-refractivity contribution in [2.75, 3.05) is 0 Å². The largest absolute Gasteiger partial charge is 0.262 e. The number of aryl methyl sites for hydroxylation is 1. The molecule has 0 N–H and O–H groups in total. The summed E-state index contributed by atoms with van der Waals surface area (Å²) in [5.74, 6) is 0. The third kappa shape index (κ3) is 9.15. The Morgan fingerprint density at radius 1 is 1.09 bits per heavy atom. The fourth-order valence-corrected chi connectivity index (χ4v) is 0.448. The number of rotatable bonds is 0. The molecule has 0 aliphatic rings. The lowest BCUT2D eigenvalue weighted by atomic mass is 10.4. The first-order valence-electron chi connectivity index (χ1n) is 4.27. The van der Waals surface area contributed by atoms with Crippen LogP contribution in [0.5, 0.6) is 0 Å². The zero-order valence-electron chi connectivity index (χ0n) is 8.26. The average molecular weight is 155 g/mol. The van der Waals surface area contributed by atoms with Gasteiger partial charge in [0.05, 0.1) is 0 Å². The van der Waals surface area contributed by atoms with E-state index in [1.807, 2.05) is 52.8 Å². The molecule has 0 aromatic carbocycles. The molecule has 0 saturated heterocycles. The molecule has 1 aromatic heterocycles. The maximum absolute atomic E-state index is 3.98. The summed E-state index contributed by atoms with van der Waals surface area (Å²) in [6, 6.07) is 5.86. The number of nitrogens with zero attached hydrogens (tertiary/aromatic N) is 1. The minimum absolute atomic E-state index is 0. The molecule has 1 heteroatoms. The van der Waals surface area contributed by atoms with Crippen LogP contribution in [0.25, 0.3) is 0 Å². The maximum Gasteiger partial charge on any atom is 0.0372 e. The minimum atomic E-state index is 0. The molecule has 0 unspecified atom stereocenters. The lowest BCUT2D eigenvalue weighted by molar-refractivity contribution is 1.20. The molecule has 1 heterocycles. The second kappa shape index (κ2) is 11.9. The Balaban J connectivity index is -0.000000144. The van der Waals surface area contributed by atoms with Crippen LogP contribution in [0.1, 0.15) is 34.8 Å². The second-order valence-electron chi connectivity index (χ2n) is 1.47. The first kappa shape index (κ1) is 12.8. The van der Waals surface area contributed by atoms with E-state index < -0.39 is 0 Å². The van der Waals surface area contributed by atoms with Gasteiger partial charge in [0, 0.05) is 13.3 Å². The number of pyridine rings is 1. The van der Waals surface area contributed by atoms with E-state index in [4.69, 9.17) is 0 Å². The smallest absolute Gasteiger partial charge is 0.0372 e. The molecule has 1 aromatic rings. The zero-order valence-corrected chi connectivity index (χ0v) is 8.26. The van der Waals surface area contributed by atoms with Crippen molar-refractivity contribution >= 4 is 0 Å². The summed E-state index contributed by atoms with van der Waals surface area (Å²) in [4.78, 5) is 3.98. The van der Waals surface area contributed by atoms with Gasteiger partial charge < -0.3 is 0 Å². The molecule has 11 heavy (non-hydrogen) atoms. The summed E-state index contributed by atoms with van der Waals surface area (Å²) in [6.07, 6.45) is 1.79. The Labute approximate surface area is 72.0 Å². The molecule has 0 aliphatic carbocycles. The highest BCUT2D eigenvalue weighted by Crippen LogP contribution is 1.85. The molecule has 0 amide bonds. The van der Waals surface area contributed by atoms with Crippen LogP contribution in [-0.4, -0.2) is 4.98 Å². The van der Waals surface area contributed by atoms with Crippen molar-refractivity contribution in [2.24, 2.45) is 0 Å². The lowest BCUT2D eigenvalue weighted by Crippen LogP contribution is -1.72. The zero-order chi connectivity index (χ0) is 9.11. The molecule has 0 radical (unpaired) electrons. The van der Waals surface area contributed by atoms with Gasteiger partial charge in [-0.3, -0.25) is 4.98 Å². The molecular formula is C10H21N. The fraction of sp³-hybridized carbons (Fsp3) is 0.500. The third-order valence-corrected chi connectivity index (χ3v) is 0.813. The van der Waals surface area contributed by atoms with Crippen LogP contribution in [-0.2, 0) is 0 Å². The normalized spacial score (nSPS) is 6.64. The number of aromatic nitrogens is 1. The first-order valence-corrected chi connectivity index (χ1v) is 4.27. The predicted octanol–water partition coefficient (Wildman–Crippen LogP) is 3.69. The summed E-state index contributed by atoms with van der Waals surface area (Å²) in [5, 5.41) is 0. The van der Waals surface area contributed by atoms with Crippen molar-refractivity contribution in [3.05, 3.63) is 30.1 Å². The number of hydrogen-bond acceptors (Lipinski definition) is 1. The van der Waals surface area contributed by atoms with Gasteiger partial charge in [0.2, 0.25) is 0 Å². The molecule has 66 valence electrons. The molecule has 0 fully saturated rings. The van der Waals surface area contributed by atoms with Gasteiger partial charge in [-0.25, -0.2) is 0 Å². The lowest BCUT2D eigenvalue weighted by Gasteiger charge is -1.82. The van der Waals surface area contributed by atoms with Crippen LogP contribution in [0.15, 0.2) is 24.4 Å². The highest BCUT2D eigenvalue weighted by Gasteiger charge is 1.73. The average Bonchev–Trinajstić information content (AvgIpc) is 2.13. The van der Waals surface area contributed by atoms with E-state index in [1.54, 1.807) is 6.20 Å². The molecule has 0 atom stereocenters. The van der Waals surface area contributed by atoms with Gasteiger partial charge >= 0.3 is 0 Å². The van der Waals surface area contributed by atoms with Crippen LogP contribution in [0.3, 0.4) is 0 Å². The van der Waals surface area contributed by atoms with Crippen molar-refractivity contribution < 1.29 is 1.43 Å². The highest BCUT2D eigenvalue weighted by atomic mass is 14.6. The summed E-state index contributed by atoms with van der Waals surface area (Å²) < 4.78 is 0. The van der Waals surface area contributed by atoms with Gasteiger partial charge in [0.15, 0.2) is 0 Å². The van der Waals surface area contributed by atoms with E-state index in [-0.39, 0.29) is 1.43 Å². The Kier molecular flexibility index (Phi) is 13.8.